The van der Waals surface area contributed by atoms with E-state index in [0.717, 1.165) is 50.5 Å². The molecule has 0 spiro atoms. The minimum Gasteiger partial charge on any atom is -0.356 e. The Balaban J connectivity index is 1.65. The van der Waals surface area contributed by atoms with E-state index in [0.29, 0.717) is 6.54 Å². The highest BCUT2D eigenvalue weighted by Crippen LogP contribution is 2.70. The first kappa shape index (κ1) is 26.4. The molecule has 0 aromatic rings. The van der Waals surface area contributed by atoms with E-state index in [9.17, 15) is 19.6 Å². The maximum absolute atomic E-state index is 14.2. The molecule has 5 aliphatic rings. The molecule has 5 nitrogen and oxygen atoms in total. The summed E-state index contributed by atoms with van der Waals surface area (Å²) in [5.74, 6) is 0.365. The van der Waals surface area contributed by atoms with Gasteiger partial charge >= 0.3 is 0 Å². The largest absolute Gasteiger partial charge is 0.356 e. The maximum atomic E-state index is 14.2. The first-order valence-electron chi connectivity index (χ1n) is 14.4. The molecular weight excluding hydrogens is 460 g/mol. The van der Waals surface area contributed by atoms with Gasteiger partial charge in [-0.25, -0.2) is 0 Å². The number of carbonyl (C=O) groups excluding carboxylic acids is 3. The second-order valence-corrected chi connectivity index (χ2v) is 14.6. The van der Waals surface area contributed by atoms with Crippen molar-refractivity contribution in [3.63, 3.8) is 0 Å². The Hall–Kier alpha value is -2.22. The maximum Gasteiger partial charge on any atom is 0.226 e. The molecule has 0 aromatic heterocycles. The Morgan fingerprint density at radius 1 is 1.03 bits per heavy atom. The molecule has 5 heteroatoms. The Bertz CT molecular complexity index is 1170. The van der Waals surface area contributed by atoms with Crippen molar-refractivity contribution in [2.45, 2.75) is 93.4 Å². The lowest BCUT2D eigenvalue weighted by Crippen LogP contribution is -2.62. The summed E-state index contributed by atoms with van der Waals surface area (Å²) in [6.07, 6.45) is 10.1. The van der Waals surface area contributed by atoms with Gasteiger partial charge in [-0.3, -0.25) is 14.4 Å². The van der Waals surface area contributed by atoms with E-state index in [1.54, 1.807) is 0 Å². The summed E-state index contributed by atoms with van der Waals surface area (Å²) < 4.78 is 0. The number of ketones is 2. The van der Waals surface area contributed by atoms with Crippen molar-refractivity contribution in [3.05, 3.63) is 23.3 Å². The van der Waals surface area contributed by atoms with Crippen molar-refractivity contribution in [1.29, 1.82) is 5.26 Å². The topological polar surface area (TPSA) is 87.0 Å². The summed E-state index contributed by atoms with van der Waals surface area (Å²) in [5.41, 5.74) is -0.340. The molecular formula is C32H44N2O3. The van der Waals surface area contributed by atoms with E-state index in [2.05, 4.69) is 39.1 Å². The predicted molar refractivity (Wildman–Crippen MR) is 143 cm³/mol. The molecule has 0 aromatic carbocycles. The normalized spacial score (nSPS) is 43.6. The Labute approximate surface area is 222 Å². The summed E-state index contributed by atoms with van der Waals surface area (Å²) in [7, 11) is 0. The molecule has 0 heterocycles. The molecule has 0 radical (unpaired) electrons. The van der Waals surface area contributed by atoms with Crippen LogP contribution in [0.5, 0.6) is 0 Å². The molecule has 5 aliphatic carbocycles. The summed E-state index contributed by atoms with van der Waals surface area (Å²) in [4.78, 5) is 41.0. The molecule has 200 valence electrons. The van der Waals surface area contributed by atoms with Crippen molar-refractivity contribution in [3.8, 4) is 6.07 Å². The lowest BCUT2D eigenvalue weighted by atomic mass is 9.38. The zero-order chi connectivity index (χ0) is 27.2. The minimum absolute atomic E-state index is 0.0452. The van der Waals surface area contributed by atoms with Gasteiger partial charge in [0.05, 0.1) is 11.0 Å². The molecule has 3 fully saturated rings. The van der Waals surface area contributed by atoms with E-state index in [4.69, 9.17) is 0 Å². The number of allylic oxidation sites excluding steroid dienone is 4. The van der Waals surface area contributed by atoms with E-state index in [1.807, 2.05) is 32.9 Å². The van der Waals surface area contributed by atoms with Crippen LogP contribution < -0.4 is 5.32 Å². The average Bonchev–Trinajstić information content (AvgIpc) is 2.82. The monoisotopic (exact) mass is 504 g/mol. The quantitative estimate of drug-likeness (QED) is 0.503. The fourth-order valence-electron chi connectivity index (χ4n) is 10.0. The molecule has 5 rings (SSSR count). The van der Waals surface area contributed by atoms with Gasteiger partial charge in [-0.1, -0.05) is 53.2 Å². The van der Waals surface area contributed by atoms with Gasteiger partial charge in [0.2, 0.25) is 5.91 Å². The highest BCUT2D eigenvalue weighted by molar-refractivity contribution is 6.04. The molecule has 1 amide bonds. The summed E-state index contributed by atoms with van der Waals surface area (Å²) in [5, 5.41) is 13.0. The smallest absolute Gasteiger partial charge is 0.226 e. The number of fused-ring (bicyclic) bond motifs is 7. The van der Waals surface area contributed by atoms with Gasteiger partial charge in [-0.15, -0.1) is 0 Å². The third-order valence-corrected chi connectivity index (χ3v) is 11.9. The molecule has 6 unspecified atom stereocenters. The molecule has 7 atom stereocenters. The second-order valence-electron chi connectivity index (χ2n) is 14.6. The number of carbonyl (C=O) groups is 3. The van der Waals surface area contributed by atoms with E-state index in [1.165, 1.54) is 0 Å². The van der Waals surface area contributed by atoms with Crippen LogP contribution in [-0.2, 0) is 14.4 Å². The molecule has 1 N–H and O–H groups in total. The number of amides is 1. The molecule has 3 saturated carbocycles. The number of nitrogens with zero attached hydrogens (tertiary/aromatic N) is 1. The van der Waals surface area contributed by atoms with Crippen molar-refractivity contribution in [2.24, 2.45) is 50.7 Å². The van der Waals surface area contributed by atoms with Gasteiger partial charge in [-0.2, -0.15) is 5.26 Å². The molecule has 37 heavy (non-hydrogen) atoms. The van der Waals surface area contributed by atoms with Crippen LogP contribution in [-0.4, -0.2) is 24.0 Å². The summed E-state index contributed by atoms with van der Waals surface area (Å²) in [6, 6.07) is 2.17. The lowest BCUT2D eigenvalue weighted by Gasteiger charge is -2.64. The Morgan fingerprint density at radius 3 is 2.38 bits per heavy atom. The first-order valence-corrected chi connectivity index (χ1v) is 14.4. The van der Waals surface area contributed by atoms with Crippen LogP contribution in [0, 0.1) is 62.1 Å². The fourth-order valence-corrected chi connectivity index (χ4v) is 10.0. The van der Waals surface area contributed by atoms with Gasteiger partial charge in [0.25, 0.3) is 0 Å². The highest BCUT2D eigenvalue weighted by Gasteiger charge is 2.66. The number of Topliss-reactive ketones (excluding diaryl/α,β-unsaturated/α-hetero) is 1. The van der Waals surface area contributed by atoms with Gasteiger partial charge in [0, 0.05) is 23.3 Å². The number of rotatable bonds is 2. The Morgan fingerprint density at radius 2 is 1.73 bits per heavy atom. The number of hydrogen-bond acceptors (Lipinski definition) is 4. The van der Waals surface area contributed by atoms with Crippen LogP contribution in [0.2, 0.25) is 0 Å². The number of nitriles is 1. The van der Waals surface area contributed by atoms with Gasteiger partial charge in [0.1, 0.15) is 6.07 Å². The van der Waals surface area contributed by atoms with E-state index >= 15 is 0 Å². The van der Waals surface area contributed by atoms with Crippen LogP contribution in [0.3, 0.4) is 0 Å². The standard InChI is InChI=1S/C32H44N2O3/c1-8-34-27(37)32-12-9-20-25(21(32)17-28(2,3)13-14-32)22(35)15-24-30(20,6)11-10-23-29(4,5)26(36)19(18-33)16-31(23,24)7/h15-16,20-21,23,25H,8-14,17H2,1-7H3,(H,34,37)/t20?,21?,23?,25-,30?,31?,32?/m0/s1. The van der Waals surface area contributed by atoms with Gasteiger partial charge in [-0.05, 0) is 86.5 Å². The third-order valence-electron chi connectivity index (χ3n) is 11.9. The van der Waals surface area contributed by atoms with Crippen molar-refractivity contribution < 1.29 is 14.4 Å². The first-order chi connectivity index (χ1) is 17.2. The van der Waals surface area contributed by atoms with E-state index < -0.39 is 16.2 Å². The van der Waals surface area contributed by atoms with E-state index in [-0.39, 0.29) is 57.5 Å². The third kappa shape index (κ3) is 3.43. The number of nitrogens with one attached hydrogen (secondary N) is 1. The highest BCUT2D eigenvalue weighted by atomic mass is 16.2. The number of hydrogen-bond donors (Lipinski definition) is 1. The van der Waals surface area contributed by atoms with Gasteiger partial charge < -0.3 is 5.32 Å². The lowest BCUT2D eigenvalue weighted by molar-refractivity contribution is -0.161. The van der Waals surface area contributed by atoms with Crippen molar-refractivity contribution in [1.82, 2.24) is 5.32 Å². The zero-order valence-corrected chi connectivity index (χ0v) is 23.8. The SMILES string of the molecule is CCNC(=O)C12CCC3[C@H](C(=O)C=C4C5(C)C=C(C#N)C(=O)C(C)(C)C5CCC43C)C1CC(C)(C)CC2. The molecule has 0 bridgehead atoms. The van der Waals surface area contributed by atoms with Crippen molar-refractivity contribution in [2.75, 3.05) is 6.54 Å². The van der Waals surface area contributed by atoms with Crippen LogP contribution in [0.1, 0.15) is 93.4 Å². The van der Waals surface area contributed by atoms with Gasteiger partial charge in [0.15, 0.2) is 11.6 Å². The van der Waals surface area contributed by atoms with Crippen LogP contribution in [0.4, 0.5) is 0 Å². The second kappa shape index (κ2) is 8.14. The summed E-state index contributed by atoms with van der Waals surface area (Å²) >= 11 is 0. The average molecular weight is 505 g/mol. The zero-order valence-electron chi connectivity index (χ0n) is 23.8. The fraction of sp³-hybridized carbons (Fsp3) is 0.750. The minimum atomic E-state index is -0.649. The summed E-state index contributed by atoms with van der Waals surface area (Å²) in [6.45, 7) is 15.6. The Kier molecular flexibility index (Phi) is 5.81. The van der Waals surface area contributed by atoms with Crippen molar-refractivity contribution >= 4 is 17.5 Å². The van der Waals surface area contributed by atoms with Crippen LogP contribution in [0.25, 0.3) is 0 Å². The van der Waals surface area contributed by atoms with Crippen LogP contribution >= 0.6 is 0 Å². The van der Waals surface area contributed by atoms with Crippen LogP contribution in [0.15, 0.2) is 23.3 Å². The predicted octanol–water partition coefficient (Wildman–Crippen LogP) is 5.95. The molecule has 0 saturated heterocycles. The molecule has 0 aliphatic heterocycles.